The van der Waals surface area contributed by atoms with Crippen molar-refractivity contribution in [1.82, 2.24) is 0 Å². The molecule has 0 fully saturated rings. The van der Waals surface area contributed by atoms with Crippen molar-refractivity contribution in [2.24, 2.45) is 5.73 Å². The highest BCUT2D eigenvalue weighted by molar-refractivity contribution is 5.52. The minimum atomic E-state index is -0.416. The lowest BCUT2D eigenvalue weighted by atomic mass is 10.1. The topological polar surface area (TPSA) is 46.2 Å². The summed E-state index contributed by atoms with van der Waals surface area (Å²) in [7, 11) is 0. The Hall–Kier alpha value is -1.12. The zero-order chi connectivity index (χ0) is 10.4. The molecule has 76 valence electrons. The fourth-order valence-electron chi connectivity index (χ4n) is 1.29. The Morgan fingerprint density at radius 1 is 1.43 bits per heavy atom. The molecular formula is C12H17NO. The fourth-order valence-corrected chi connectivity index (χ4v) is 1.29. The van der Waals surface area contributed by atoms with Gasteiger partial charge in [0.15, 0.2) is 0 Å². The smallest absolute Gasteiger partial charge is 0.0762 e. The molecule has 0 heterocycles. The molecule has 2 heteroatoms. The van der Waals surface area contributed by atoms with Crippen molar-refractivity contribution in [3.8, 4) is 0 Å². The summed E-state index contributed by atoms with van der Waals surface area (Å²) in [4.78, 5) is 0. The van der Waals surface area contributed by atoms with Gasteiger partial charge in [-0.1, -0.05) is 36.4 Å². The van der Waals surface area contributed by atoms with Crippen LogP contribution in [0.4, 0.5) is 0 Å². The summed E-state index contributed by atoms with van der Waals surface area (Å²) >= 11 is 0. The Balaban J connectivity index is 2.68. The van der Waals surface area contributed by atoms with Crippen LogP contribution in [-0.4, -0.2) is 17.8 Å². The van der Waals surface area contributed by atoms with E-state index in [9.17, 15) is 5.11 Å². The van der Waals surface area contributed by atoms with Gasteiger partial charge in [-0.15, -0.1) is 0 Å². The zero-order valence-corrected chi connectivity index (χ0v) is 8.48. The fraction of sp³-hybridized carbons (Fsp3) is 0.333. The summed E-state index contributed by atoms with van der Waals surface area (Å²) in [5, 5.41) is 9.63. The molecule has 0 saturated heterocycles. The molecule has 3 N–H and O–H groups in total. The second-order valence-corrected chi connectivity index (χ2v) is 3.39. The molecular weight excluding hydrogens is 174 g/mol. The van der Waals surface area contributed by atoms with E-state index in [2.05, 4.69) is 0 Å². The van der Waals surface area contributed by atoms with Crippen molar-refractivity contribution in [3.63, 3.8) is 0 Å². The first-order chi connectivity index (χ1) is 6.74. The van der Waals surface area contributed by atoms with Gasteiger partial charge in [0.05, 0.1) is 6.10 Å². The standard InChI is InChI=1S/C12H17NO/c1-10(12(14)7-8-13)9-11-5-3-2-4-6-11/h2-6,9,12,14H,7-8,13H2,1H3/b10-9+. The molecule has 2 nitrogen and oxygen atoms in total. The summed E-state index contributed by atoms with van der Waals surface area (Å²) in [6.07, 6.45) is 2.19. The third kappa shape index (κ3) is 3.32. The largest absolute Gasteiger partial charge is 0.389 e. The van der Waals surface area contributed by atoms with E-state index in [-0.39, 0.29) is 0 Å². The highest BCUT2D eigenvalue weighted by atomic mass is 16.3. The summed E-state index contributed by atoms with van der Waals surface area (Å²) in [5.74, 6) is 0. The molecule has 1 unspecified atom stereocenters. The Labute approximate surface area is 85.1 Å². The number of hydrogen-bond acceptors (Lipinski definition) is 2. The van der Waals surface area contributed by atoms with E-state index in [1.807, 2.05) is 43.3 Å². The summed E-state index contributed by atoms with van der Waals surface area (Å²) in [6.45, 7) is 2.44. The number of nitrogens with two attached hydrogens (primary N) is 1. The summed E-state index contributed by atoms with van der Waals surface area (Å²) in [6, 6.07) is 9.96. The molecule has 0 radical (unpaired) electrons. The van der Waals surface area contributed by atoms with Crippen LogP contribution < -0.4 is 5.73 Å². The third-order valence-corrected chi connectivity index (χ3v) is 2.16. The molecule has 1 aromatic carbocycles. The molecule has 0 amide bonds. The van der Waals surface area contributed by atoms with Gasteiger partial charge >= 0.3 is 0 Å². The van der Waals surface area contributed by atoms with E-state index in [0.29, 0.717) is 13.0 Å². The monoisotopic (exact) mass is 191 g/mol. The van der Waals surface area contributed by atoms with Crippen molar-refractivity contribution >= 4 is 6.08 Å². The van der Waals surface area contributed by atoms with Gasteiger partial charge in [-0.25, -0.2) is 0 Å². The van der Waals surface area contributed by atoms with Crippen LogP contribution in [0.5, 0.6) is 0 Å². The van der Waals surface area contributed by atoms with Gasteiger partial charge in [0.25, 0.3) is 0 Å². The summed E-state index contributed by atoms with van der Waals surface area (Å²) < 4.78 is 0. The lowest BCUT2D eigenvalue weighted by molar-refractivity contribution is 0.204. The SMILES string of the molecule is C/C(=C\c1ccccc1)C(O)CCN. The number of aliphatic hydroxyl groups excluding tert-OH is 1. The van der Waals surface area contributed by atoms with E-state index in [4.69, 9.17) is 5.73 Å². The molecule has 0 aromatic heterocycles. The molecule has 1 atom stereocenters. The average Bonchev–Trinajstić information content (AvgIpc) is 2.19. The maximum absolute atomic E-state index is 9.63. The number of aliphatic hydroxyl groups is 1. The van der Waals surface area contributed by atoms with Gasteiger partial charge in [-0.05, 0) is 31.0 Å². The zero-order valence-electron chi connectivity index (χ0n) is 8.48. The van der Waals surface area contributed by atoms with Gasteiger partial charge in [-0.2, -0.15) is 0 Å². The van der Waals surface area contributed by atoms with Gasteiger partial charge in [-0.3, -0.25) is 0 Å². The van der Waals surface area contributed by atoms with Crippen LogP contribution in [0.2, 0.25) is 0 Å². The van der Waals surface area contributed by atoms with Crippen molar-refractivity contribution in [1.29, 1.82) is 0 Å². The van der Waals surface area contributed by atoms with Crippen LogP contribution in [0.25, 0.3) is 6.08 Å². The van der Waals surface area contributed by atoms with E-state index in [0.717, 1.165) is 11.1 Å². The number of benzene rings is 1. The Morgan fingerprint density at radius 2 is 2.07 bits per heavy atom. The van der Waals surface area contributed by atoms with E-state index >= 15 is 0 Å². The van der Waals surface area contributed by atoms with E-state index in [1.54, 1.807) is 0 Å². The first-order valence-electron chi connectivity index (χ1n) is 4.85. The first kappa shape index (κ1) is 11.0. The van der Waals surface area contributed by atoms with Crippen LogP contribution in [0.1, 0.15) is 18.9 Å². The molecule has 0 bridgehead atoms. The average molecular weight is 191 g/mol. The van der Waals surface area contributed by atoms with E-state index in [1.165, 1.54) is 0 Å². The molecule has 1 rings (SSSR count). The first-order valence-corrected chi connectivity index (χ1v) is 4.85. The van der Waals surface area contributed by atoms with Crippen molar-refractivity contribution in [2.45, 2.75) is 19.4 Å². The second kappa shape index (κ2) is 5.58. The maximum atomic E-state index is 9.63. The van der Waals surface area contributed by atoms with Gasteiger partial charge < -0.3 is 10.8 Å². The predicted molar refractivity (Wildman–Crippen MR) is 59.8 cm³/mol. The minimum Gasteiger partial charge on any atom is -0.389 e. The highest BCUT2D eigenvalue weighted by Gasteiger charge is 2.04. The van der Waals surface area contributed by atoms with Crippen molar-refractivity contribution < 1.29 is 5.11 Å². The lowest BCUT2D eigenvalue weighted by Gasteiger charge is -2.09. The van der Waals surface area contributed by atoms with Crippen LogP contribution in [0.15, 0.2) is 35.9 Å². The summed E-state index contributed by atoms with van der Waals surface area (Å²) in [5.41, 5.74) is 7.45. The highest BCUT2D eigenvalue weighted by Crippen LogP contribution is 2.11. The van der Waals surface area contributed by atoms with Crippen LogP contribution >= 0.6 is 0 Å². The Kier molecular flexibility index (Phi) is 4.36. The molecule has 0 spiro atoms. The molecule has 14 heavy (non-hydrogen) atoms. The van der Waals surface area contributed by atoms with Gasteiger partial charge in [0.2, 0.25) is 0 Å². The molecule has 0 aliphatic carbocycles. The quantitative estimate of drug-likeness (QED) is 0.762. The third-order valence-electron chi connectivity index (χ3n) is 2.16. The maximum Gasteiger partial charge on any atom is 0.0762 e. The van der Waals surface area contributed by atoms with Gasteiger partial charge in [0, 0.05) is 0 Å². The Bertz CT molecular complexity index is 292. The predicted octanol–water partition coefficient (Wildman–Crippen LogP) is 1.80. The number of hydrogen-bond donors (Lipinski definition) is 2. The minimum absolute atomic E-state index is 0.416. The lowest BCUT2D eigenvalue weighted by Crippen LogP contribution is -2.14. The van der Waals surface area contributed by atoms with Crippen molar-refractivity contribution in [3.05, 3.63) is 41.5 Å². The molecule has 0 aliphatic rings. The molecule has 0 saturated carbocycles. The normalized spacial score (nSPS) is 14.1. The van der Waals surface area contributed by atoms with Crippen molar-refractivity contribution in [2.75, 3.05) is 6.54 Å². The second-order valence-electron chi connectivity index (χ2n) is 3.39. The Morgan fingerprint density at radius 3 is 2.64 bits per heavy atom. The van der Waals surface area contributed by atoms with Gasteiger partial charge in [0.1, 0.15) is 0 Å². The number of rotatable bonds is 4. The van der Waals surface area contributed by atoms with E-state index < -0.39 is 6.10 Å². The van der Waals surface area contributed by atoms with Crippen LogP contribution in [0.3, 0.4) is 0 Å². The van der Waals surface area contributed by atoms with Crippen LogP contribution in [0, 0.1) is 0 Å². The molecule has 0 aliphatic heterocycles. The molecule has 1 aromatic rings. The van der Waals surface area contributed by atoms with Crippen LogP contribution in [-0.2, 0) is 0 Å².